The molecule has 3 nitrogen and oxygen atoms in total. The minimum absolute atomic E-state index is 0.0514. The van der Waals surface area contributed by atoms with Gasteiger partial charge in [0.05, 0.1) is 0 Å². The molecule has 1 amide bonds. The van der Waals surface area contributed by atoms with E-state index in [1.54, 1.807) is 30.1 Å². The Kier molecular flexibility index (Phi) is 3.24. The number of benzene rings is 2. The van der Waals surface area contributed by atoms with E-state index in [4.69, 9.17) is 0 Å². The maximum absolute atomic E-state index is 13.9. The van der Waals surface area contributed by atoms with Crippen LogP contribution < -0.4 is 5.32 Å². The molecule has 4 heteroatoms. The molecule has 1 saturated heterocycles. The molecule has 1 aliphatic rings. The zero-order valence-corrected chi connectivity index (χ0v) is 11.1. The van der Waals surface area contributed by atoms with Crippen molar-refractivity contribution < 1.29 is 9.18 Å². The number of hydrogen-bond acceptors (Lipinski definition) is 2. The van der Waals surface area contributed by atoms with Crippen molar-refractivity contribution in [1.29, 1.82) is 0 Å². The van der Waals surface area contributed by atoms with Crippen LogP contribution in [0, 0.1) is 5.82 Å². The van der Waals surface area contributed by atoms with Crippen LogP contribution in [0.5, 0.6) is 0 Å². The van der Waals surface area contributed by atoms with Crippen molar-refractivity contribution in [3.8, 4) is 0 Å². The lowest BCUT2D eigenvalue weighted by atomic mass is 10.1. The third-order valence-electron chi connectivity index (χ3n) is 3.64. The normalized spacial score (nSPS) is 22.3. The number of carbonyl (C=O) groups excluding carboxylic acids is 1. The number of likely N-dealkylation sites (N-methyl/N-ethyl adjacent to an activating group) is 1. The quantitative estimate of drug-likeness (QED) is 0.909. The lowest BCUT2D eigenvalue weighted by Gasteiger charge is -2.19. The Hall–Kier alpha value is -2.20. The van der Waals surface area contributed by atoms with Gasteiger partial charge in [0.2, 0.25) is 5.91 Å². The Labute approximate surface area is 117 Å². The predicted molar refractivity (Wildman–Crippen MR) is 74.2 cm³/mol. The Balaban J connectivity index is 1.94. The summed E-state index contributed by atoms with van der Waals surface area (Å²) in [6, 6.07) is 15.6. The van der Waals surface area contributed by atoms with Crippen LogP contribution in [-0.2, 0) is 4.79 Å². The maximum Gasteiger partial charge on any atom is 0.245 e. The van der Waals surface area contributed by atoms with E-state index < -0.39 is 12.2 Å². The van der Waals surface area contributed by atoms with E-state index in [0.717, 1.165) is 5.56 Å². The van der Waals surface area contributed by atoms with E-state index in [-0.39, 0.29) is 11.7 Å². The summed E-state index contributed by atoms with van der Waals surface area (Å²) in [6.07, 6.45) is -0.436. The second-order valence-electron chi connectivity index (χ2n) is 4.88. The topological polar surface area (TPSA) is 32.3 Å². The molecule has 1 heterocycles. The molecule has 20 heavy (non-hydrogen) atoms. The van der Waals surface area contributed by atoms with E-state index >= 15 is 0 Å². The molecular formula is C16H15FN2O. The lowest BCUT2D eigenvalue weighted by molar-refractivity contribution is -0.128. The first-order valence-corrected chi connectivity index (χ1v) is 6.50. The standard InChI is InChI=1S/C16H15FN2O/c1-19-15(12-9-5-6-10-13(12)17)18-14(16(19)20)11-7-3-2-4-8-11/h2-10,14-15,18H,1H3. The highest BCUT2D eigenvalue weighted by Crippen LogP contribution is 2.32. The molecule has 0 spiro atoms. The van der Waals surface area contributed by atoms with E-state index in [9.17, 15) is 9.18 Å². The van der Waals surface area contributed by atoms with Gasteiger partial charge in [-0.25, -0.2) is 4.39 Å². The van der Waals surface area contributed by atoms with Gasteiger partial charge in [-0.3, -0.25) is 10.1 Å². The Bertz CT molecular complexity index is 629. The predicted octanol–water partition coefficient (Wildman–Crippen LogP) is 2.63. The zero-order chi connectivity index (χ0) is 14.1. The second kappa shape index (κ2) is 5.06. The molecule has 0 aromatic heterocycles. The number of carbonyl (C=O) groups is 1. The fourth-order valence-electron chi connectivity index (χ4n) is 2.55. The van der Waals surface area contributed by atoms with Gasteiger partial charge in [0.15, 0.2) is 0 Å². The van der Waals surface area contributed by atoms with Gasteiger partial charge < -0.3 is 4.90 Å². The van der Waals surface area contributed by atoms with E-state index in [1.807, 2.05) is 30.3 Å². The molecule has 1 fully saturated rings. The lowest BCUT2D eigenvalue weighted by Crippen LogP contribution is -2.26. The monoisotopic (exact) mass is 270 g/mol. The van der Waals surface area contributed by atoms with Crippen molar-refractivity contribution in [3.63, 3.8) is 0 Å². The van der Waals surface area contributed by atoms with Crippen molar-refractivity contribution in [2.75, 3.05) is 7.05 Å². The highest BCUT2D eigenvalue weighted by molar-refractivity contribution is 5.85. The summed E-state index contributed by atoms with van der Waals surface area (Å²) in [6.45, 7) is 0. The molecule has 2 aromatic rings. The summed E-state index contributed by atoms with van der Waals surface area (Å²) < 4.78 is 13.9. The minimum atomic E-state index is -0.436. The highest BCUT2D eigenvalue weighted by atomic mass is 19.1. The van der Waals surface area contributed by atoms with Crippen LogP contribution in [0.4, 0.5) is 4.39 Å². The van der Waals surface area contributed by atoms with Crippen LogP contribution in [0.2, 0.25) is 0 Å². The Morgan fingerprint density at radius 3 is 2.40 bits per heavy atom. The Morgan fingerprint density at radius 2 is 1.70 bits per heavy atom. The molecule has 0 aliphatic carbocycles. The third kappa shape index (κ3) is 2.08. The number of halogens is 1. The molecule has 1 N–H and O–H groups in total. The van der Waals surface area contributed by atoms with Gasteiger partial charge in [0.25, 0.3) is 0 Å². The average Bonchev–Trinajstić information content (AvgIpc) is 2.77. The number of nitrogens with zero attached hydrogens (tertiary/aromatic N) is 1. The molecule has 102 valence electrons. The van der Waals surface area contributed by atoms with Gasteiger partial charge in [-0.05, 0) is 11.6 Å². The smallest absolute Gasteiger partial charge is 0.245 e. The summed E-state index contributed by atoms with van der Waals surface area (Å²) in [5.41, 5.74) is 1.38. The van der Waals surface area contributed by atoms with E-state index in [0.29, 0.717) is 5.56 Å². The number of nitrogens with one attached hydrogen (secondary N) is 1. The molecule has 2 aromatic carbocycles. The number of rotatable bonds is 2. The third-order valence-corrected chi connectivity index (χ3v) is 3.64. The van der Waals surface area contributed by atoms with Gasteiger partial charge >= 0.3 is 0 Å². The molecule has 2 atom stereocenters. The summed E-state index contributed by atoms with van der Waals surface area (Å²) in [4.78, 5) is 13.9. The van der Waals surface area contributed by atoms with E-state index in [2.05, 4.69) is 5.32 Å². The largest absolute Gasteiger partial charge is 0.324 e. The first-order chi connectivity index (χ1) is 9.68. The molecule has 1 aliphatic heterocycles. The van der Waals surface area contributed by atoms with Crippen molar-refractivity contribution in [2.24, 2.45) is 0 Å². The zero-order valence-electron chi connectivity index (χ0n) is 11.1. The molecular weight excluding hydrogens is 255 g/mol. The Morgan fingerprint density at radius 1 is 1.05 bits per heavy atom. The summed E-state index contributed by atoms with van der Waals surface area (Å²) in [7, 11) is 1.69. The van der Waals surface area contributed by atoms with Crippen LogP contribution in [0.25, 0.3) is 0 Å². The molecule has 3 rings (SSSR count). The highest BCUT2D eigenvalue weighted by Gasteiger charge is 2.38. The second-order valence-corrected chi connectivity index (χ2v) is 4.88. The van der Waals surface area contributed by atoms with Crippen LogP contribution >= 0.6 is 0 Å². The summed E-state index contributed by atoms with van der Waals surface area (Å²) in [5, 5.41) is 3.20. The fourth-order valence-corrected chi connectivity index (χ4v) is 2.55. The van der Waals surface area contributed by atoms with Crippen LogP contribution in [0.3, 0.4) is 0 Å². The van der Waals surface area contributed by atoms with Crippen molar-refractivity contribution in [3.05, 3.63) is 71.5 Å². The molecule has 0 bridgehead atoms. The first-order valence-electron chi connectivity index (χ1n) is 6.50. The van der Waals surface area contributed by atoms with Crippen LogP contribution in [0.1, 0.15) is 23.3 Å². The molecule has 0 radical (unpaired) electrons. The van der Waals surface area contributed by atoms with E-state index in [1.165, 1.54) is 6.07 Å². The van der Waals surface area contributed by atoms with Gasteiger partial charge in [-0.1, -0.05) is 48.5 Å². The average molecular weight is 270 g/mol. The number of amides is 1. The van der Waals surface area contributed by atoms with Crippen LogP contribution in [-0.4, -0.2) is 17.9 Å². The fraction of sp³-hybridized carbons (Fsp3) is 0.188. The van der Waals surface area contributed by atoms with Crippen molar-refractivity contribution in [2.45, 2.75) is 12.2 Å². The number of hydrogen-bond donors (Lipinski definition) is 1. The minimum Gasteiger partial charge on any atom is -0.324 e. The summed E-state index contributed by atoms with van der Waals surface area (Å²) in [5.74, 6) is -0.359. The molecule has 0 saturated carbocycles. The maximum atomic E-state index is 13.9. The van der Waals surface area contributed by atoms with Crippen LogP contribution in [0.15, 0.2) is 54.6 Å². The van der Waals surface area contributed by atoms with Gasteiger partial charge in [-0.15, -0.1) is 0 Å². The van der Waals surface area contributed by atoms with Crippen molar-refractivity contribution >= 4 is 5.91 Å². The van der Waals surface area contributed by atoms with Gasteiger partial charge in [0, 0.05) is 12.6 Å². The molecule has 2 unspecified atom stereocenters. The van der Waals surface area contributed by atoms with Gasteiger partial charge in [0.1, 0.15) is 18.0 Å². The SMILES string of the molecule is CN1C(=O)C(c2ccccc2)NC1c1ccccc1F. The summed E-state index contributed by atoms with van der Waals surface area (Å²) >= 11 is 0. The van der Waals surface area contributed by atoms with Gasteiger partial charge in [-0.2, -0.15) is 0 Å². The van der Waals surface area contributed by atoms with Crippen molar-refractivity contribution in [1.82, 2.24) is 10.2 Å². The first kappa shape index (κ1) is 12.8.